The van der Waals surface area contributed by atoms with E-state index in [0.717, 1.165) is 23.8 Å². The molecule has 3 aliphatic rings. The summed E-state index contributed by atoms with van der Waals surface area (Å²) in [4.78, 5) is 25.8. The number of nitrogens with zero attached hydrogens (tertiary/aromatic N) is 3. The number of nitrogens with two attached hydrogens (primary N) is 1. The molecular weight excluding hydrogens is 506 g/mol. The van der Waals surface area contributed by atoms with E-state index in [-0.39, 0.29) is 28.5 Å². The molecule has 0 bridgehead atoms. The van der Waals surface area contributed by atoms with Crippen molar-refractivity contribution in [1.82, 2.24) is 15.0 Å². The molecule has 1 aliphatic heterocycles. The fourth-order valence-electron chi connectivity index (χ4n) is 5.08. The third-order valence-electron chi connectivity index (χ3n) is 7.55. The van der Waals surface area contributed by atoms with Crippen molar-refractivity contribution in [1.29, 1.82) is 0 Å². The maximum absolute atomic E-state index is 12.5. The van der Waals surface area contributed by atoms with E-state index >= 15 is 0 Å². The number of sulfone groups is 1. The van der Waals surface area contributed by atoms with Crippen LogP contribution in [0.5, 0.6) is 5.88 Å². The summed E-state index contributed by atoms with van der Waals surface area (Å²) in [6, 6.07) is 5.32. The molecule has 38 heavy (non-hydrogen) atoms. The first kappa shape index (κ1) is 25.0. The number of ether oxygens (including phenoxy) is 2. The number of fused-ring (bicyclic) bond motifs is 2. The molecule has 3 aromatic rings. The Kier molecular flexibility index (Phi) is 5.84. The molecule has 0 saturated heterocycles. The van der Waals surface area contributed by atoms with Crippen LogP contribution in [0.3, 0.4) is 0 Å². The lowest BCUT2D eigenvalue weighted by Gasteiger charge is -2.35. The third-order valence-corrected chi connectivity index (χ3v) is 10.3. The Morgan fingerprint density at radius 3 is 2.55 bits per heavy atom. The summed E-state index contributed by atoms with van der Waals surface area (Å²) in [6.45, 7) is 6.08. The van der Waals surface area contributed by atoms with Crippen LogP contribution in [0.15, 0.2) is 30.6 Å². The number of pyridine rings is 3. The molecule has 6 rings (SSSR count). The van der Waals surface area contributed by atoms with Gasteiger partial charge in [-0.25, -0.2) is 28.2 Å². The number of esters is 1. The van der Waals surface area contributed by atoms with Gasteiger partial charge in [0.05, 0.1) is 33.8 Å². The minimum absolute atomic E-state index is 0.00481. The average Bonchev–Trinajstić information content (AvgIpc) is 3.69. The second-order valence-electron chi connectivity index (χ2n) is 11.2. The second kappa shape index (κ2) is 8.88. The minimum Gasteiger partial charge on any atom is -0.474 e. The zero-order valence-corrected chi connectivity index (χ0v) is 22.4. The third kappa shape index (κ3) is 4.47. The van der Waals surface area contributed by atoms with Crippen molar-refractivity contribution in [3.05, 3.63) is 47.4 Å². The summed E-state index contributed by atoms with van der Waals surface area (Å²) in [5, 5.41) is 4.29. The van der Waals surface area contributed by atoms with Gasteiger partial charge >= 0.3 is 5.97 Å². The van der Waals surface area contributed by atoms with E-state index in [9.17, 15) is 13.2 Å². The van der Waals surface area contributed by atoms with Crippen molar-refractivity contribution in [2.75, 3.05) is 11.9 Å². The van der Waals surface area contributed by atoms with Crippen molar-refractivity contribution in [3.63, 3.8) is 0 Å². The van der Waals surface area contributed by atoms with Crippen molar-refractivity contribution < 1.29 is 22.7 Å². The minimum atomic E-state index is -3.04. The Bertz CT molecular complexity index is 1540. The zero-order valence-electron chi connectivity index (χ0n) is 21.6. The van der Waals surface area contributed by atoms with Gasteiger partial charge in [0.2, 0.25) is 5.88 Å². The highest BCUT2D eigenvalue weighted by atomic mass is 32.2. The number of hydrogen-bond donors (Lipinski definition) is 2. The molecule has 4 heterocycles. The van der Waals surface area contributed by atoms with Gasteiger partial charge in [-0.1, -0.05) is 6.92 Å². The quantitative estimate of drug-likeness (QED) is 0.427. The van der Waals surface area contributed by atoms with E-state index in [1.54, 1.807) is 24.5 Å². The van der Waals surface area contributed by atoms with Gasteiger partial charge in [0, 0.05) is 36.7 Å². The molecule has 3 N–H and O–H groups in total. The maximum atomic E-state index is 12.5. The molecule has 11 heteroatoms. The average molecular weight is 538 g/mol. The second-order valence-corrected chi connectivity index (χ2v) is 13.7. The van der Waals surface area contributed by atoms with Gasteiger partial charge in [0.25, 0.3) is 0 Å². The molecular formula is C27H31N5O5S. The van der Waals surface area contributed by atoms with E-state index in [1.165, 1.54) is 0 Å². The standard InChI is InChI=1S/C27H31N5O5S/c1-14-13-36-26(33)18-6-7-22(32-24(14)18)31-23-10-19-20(11-29-23)25(30-12-21(19)27(2,3)28)37-15-8-17(9-15)38(34,35)16-4-5-16/h6-7,10-12,14-17H,4-5,8-9,13,28H2,1-3H3,(H,29,31,32)/t14-,15-,17+/m1/s1. The molecule has 0 radical (unpaired) electrons. The molecule has 1 atom stereocenters. The Labute approximate surface area is 221 Å². The van der Waals surface area contributed by atoms with Crippen LogP contribution in [0, 0.1) is 0 Å². The summed E-state index contributed by atoms with van der Waals surface area (Å²) >= 11 is 0. The number of hydrogen-bond acceptors (Lipinski definition) is 10. The van der Waals surface area contributed by atoms with Gasteiger partial charge in [-0.2, -0.15) is 0 Å². The van der Waals surface area contributed by atoms with Crippen LogP contribution in [0.2, 0.25) is 0 Å². The Morgan fingerprint density at radius 1 is 1.08 bits per heavy atom. The Morgan fingerprint density at radius 2 is 1.84 bits per heavy atom. The largest absolute Gasteiger partial charge is 0.474 e. The molecule has 0 unspecified atom stereocenters. The SMILES string of the molecule is C[C@@H]1COC(=O)c2ccc(Nc3cc4c(C(C)(C)N)cnc(O[C@H]5C[C@@H](S(=O)(=O)C6CC6)C5)c4cn3)nc21. The maximum Gasteiger partial charge on any atom is 0.340 e. The van der Waals surface area contributed by atoms with Gasteiger partial charge in [-0.05, 0) is 55.8 Å². The fraction of sp³-hybridized carbons (Fsp3) is 0.481. The molecule has 3 aromatic heterocycles. The lowest BCUT2D eigenvalue weighted by Crippen LogP contribution is -2.44. The van der Waals surface area contributed by atoms with Crippen molar-refractivity contribution in [3.8, 4) is 5.88 Å². The van der Waals surface area contributed by atoms with Gasteiger partial charge in [-0.15, -0.1) is 0 Å². The summed E-state index contributed by atoms with van der Waals surface area (Å²) < 4.78 is 36.4. The summed E-state index contributed by atoms with van der Waals surface area (Å²) in [6.07, 6.45) is 5.72. The topological polar surface area (TPSA) is 146 Å². The van der Waals surface area contributed by atoms with E-state index in [2.05, 4.69) is 20.3 Å². The fourth-order valence-corrected chi connectivity index (χ4v) is 7.38. The number of aromatic nitrogens is 3. The molecule has 2 fully saturated rings. The summed E-state index contributed by atoms with van der Waals surface area (Å²) in [5.41, 5.74) is 7.79. The Balaban J connectivity index is 1.28. The molecule has 0 amide bonds. The highest BCUT2D eigenvalue weighted by Crippen LogP contribution is 2.41. The number of carbonyl (C=O) groups excluding carboxylic acids is 1. The van der Waals surface area contributed by atoms with E-state index < -0.39 is 15.4 Å². The smallest absolute Gasteiger partial charge is 0.340 e. The molecule has 10 nitrogen and oxygen atoms in total. The summed E-state index contributed by atoms with van der Waals surface area (Å²) in [7, 11) is -3.04. The number of anilines is 2. The monoisotopic (exact) mass is 537 g/mol. The van der Waals surface area contributed by atoms with Crippen LogP contribution in [0.1, 0.15) is 74.0 Å². The van der Waals surface area contributed by atoms with Gasteiger partial charge < -0.3 is 20.5 Å². The highest BCUT2D eigenvalue weighted by Gasteiger charge is 2.47. The van der Waals surface area contributed by atoms with E-state index in [4.69, 9.17) is 15.2 Å². The summed E-state index contributed by atoms with van der Waals surface area (Å²) in [5.74, 6) is 1.17. The van der Waals surface area contributed by atoms with Gasteiger partial charge in [-0.3, -0.25) is 0 Å². The van der Waals surface area contributed by atoms with Crippen LogP contribution in [-0.2, 0) is 20.1 Å². The van der Waals surface area contributed by atoms with Crippen LogP contribution in [0.25, 0.3) is 10.8 Å². The lowest BCUT2D eigenvalue weighted by molar-refractivity contribution is 0.0445. The van der Waals surface area contributed by atoms with Gasteiger partial charge in [0.15, 0.2) is 9.84 Å². The van der Waals surface area contributed by atoms with Crippen LogP contribution in [-0.4, -0.2) is 52.5 Å². The van der Waals surface area contributed by atoms with E-state index in [0.29, 0.717) is 53.6 Å². The first-order valence-electron chi connectivity index (χ1n) is 12.9. The predicted octanol–water partition coefficient (Wildman–Crippen LogP) is 3.72. The van der Waals surface area contributed by atoms with Crippen molar-refractivity contribution in [2.24, 2.45) is 5.73 Å². The van der Waals surface area contributed by atoms with Crippen molar-refractivity contribution >= 4 is 38.2 Å². The molecule has 200 valence electrons. The van der Waals surface area contributed by atoms with Crippen molar-refractivity contribution in [2.45, 2.75) is 74.5 Å². The van der Waals surface area contributed by atoms with Crippen LogP contribution < -0.4 is 15.8 Å². The predicted molar refractivity (Wildman–Crippen MR) is 142 cm³/mol. The first-order chi connectivity index (χ1) is 18.0. The first-order valence-corrected chi connectivity index (χ1v) is 14.5. The molecule has 0 aromatic carbocycles. The van der Waals surface area contributed by atoms with Crippen LogP contribution >= 0.6 is 0 Å². The van der Waals surface area contributed by atoms with E-state index in [1.807, 2.05) is 26.8 Å². The molecule has 2 aliphatic carbocycles. The molecule has 2 saturated carbocycles. The lowest BCUT2D eigenvalue weighted by atomic mass is 9.92. The zero-order chi connectivity index (χ0) is 26.8. The molecule has 0 spiro atoms. The number of nitrogens with one attached hydrogen (secondary N) is 1. The number of cyclic esters (lactones) is 1. The Hall–Kier alpha value is -3.31. The highest BCUT2D eigenvalue weighted by molar-refractivity contribution is 7.93. The van der Waals surface area contributed by atoms with Crippen LogP contribution in [0.4, 0.5) is 11.6 Å². The number of carbonyl (C=O) groups is 1. The normalized spacial score (nSPS) is 23.4. The number of rotatable bonds is 7. The van der Waals surface area contributed by atoms with Gasteiger partial charge in [0.1, 0.15) is 17.7 Å².